The van der Waals surface area contributed by atoms with E-state index in [-0.39, 0.29) is 18.4 Å². The summed E-state index contributed by atoms with van der Waals surface area (Å²) in [6.45, 7) is 0.0818. The number of aryl methyl sites for hydroxylation is 2. The number of anilines is 2. The number of hydrogen-bond acceptors (Lipinski definition) is 3. The van der Waals surface area contributed by atoms with E-state index in [0.717, 1.165) is 23.4 Å². The number of rotatable bonds is 1. The highest BCUT2D eigenvalue weighted by Crippen LogP contribution is 2.33. The van der Waals surface area contributed by atoms with E-state index in [1.807, 2.05) is 24.3 Å². The Kier molecular flexibility index (Phi) is 4.10. The minimum atomic E-state index is -0.142. The zero-order valence-corrected chi connectivity index (χ0v) is 14.3. The molecule has 0 spiro atoms. The highest BCUT2D eigenvalue weighted by Gasteiger charge is 2.29. The smallest absolute Gasteiger partial charge is 0.268 e. The molecule has 1 aromatic heterocycles. The Balaban J connectivity index is 1.67. The van der Waals surface area contributed by atoms with Crippen LogP contribution < -0.4 is 10.2 Å². The van der Waals surface area contributed by atoms with Crippen LogP contribution in [0.15, 0.2) is 30.3 Å². The molecule has 1 aliphatic carbocycles. The molecule has 2 heterocycles. The standard InChI is InChI=1S/C19H20N2O2S/c22-18-12-21(15-9-6-5-8-14(15)20-18)19(23)17-11-13-7-3-1-2-4-10-16(13)24-17/h5-6,8-9,11H,1-4,7,10,12H2,(H,20,22). The largest absolute Gasteiger partial charge is 0.323 e. The van der Waals surface area contributed by atoms with Gasteiger partial charge >= 0.3 is 0 Å². The van der Waals surface area contributed by atoms with Crippen LogP contribution in [0.25, 0.3) is 0 Å². The van der Waals surface area contributed by atoms with Crippen LogP contribution in [0, 0.1) is 0 Å². The second-order valence-electron chi connectivity index (χ2n) is 6.43. The summed E-state index contributed by atoms with van der Waals surface area (Å²) in [5, 5.41) is 2.83. The molecule has 0 radical (unpaired) electrons. The van der Waals surface area contributed by atoms with E-state index in [0.29, 0.717) is 5.69 Å². The van der Waals surface area contributed by atoms with Gasteiger partial charge < -0.3 is 5.32 Å². The zero-order chi connectivity index (χ0) is 16.5. The number of amides is 2. The SMILES string of the molecule is O=C1CN(C(=O)c2cc3c(s2)CCCCCC3)c2ccccc2N1. The summed E-state index contributed by atoms with van der Waals surface area (Å²) in [4.78, 5) is 28.7. The third-order valence-corrected chi connectivity index (χ3v) is 5.95. The molecule has 2 amide bonds. The number of nitrogens with one attached hydrogen (secondary N) is 1. The quantitative estimate of drug-likeness (QED) is 0.853. The van der Waals surface area contributed by atoms with Crippen LogP contribution in [0.4, 0.5) is 11.4 Å². The van der Waals surface area contributed by atoms with Gasteiger partial charge in [-0.1, -0.05) is 25.0 Å². The fourth-order valence-electron chi connectivity index (χ4n) is 3.50. The predicted octanol–water partition coefficient (Wildman–Crippen LogP) is 4.01. The van der Waals surface area contributed by atoms with E-state index >= 15 is 0 Å². The number of carbonyl (C=O) groups is 2. The summed E-state index contributed by atoms with van der Waals surface area (Å²) in [6, 6.07) is 9.54. The molecule has 0 saturated carbocycles. The predicted molar refractivity (Wildman–Crippen MR) is 96.9 cm³/mol. The monoisotopic (exact) mass is 340 g/mol. The summed E-state index contributed by atoms with van der Waals surface area (Å²) in [7, 11) is 0. The minimum Gasteiger partial charge on any atom is -0.323 e. The fraction of sp³-hybridized carbons (Fsp3) is 0.368. The van der Waals surface area contributed by atoms with Crippen molar-refractivity contribution in [3.05, 3.63) is 45.6 Å². The first-order valence-electron chi connectivity index (χ1n) is 8.55. The van der Waals surface area contributed by atoms with Crippen LogP contribution in [-0.4, -0.2) is 18.4 Å². The van der Waals surface area contributed by atoms with Crippen LogP contribution in [0.2, 0.25) is 0 Å². The van der Waals surface area contributed by atoms with Crippen molar-refractivity contribution in [2.45, 2.75) is 38.5 Å². The van der Waals surface area contributed by atoms with Crippen LogP contribution in [0.3, 0.4) is 0 Å². The minimum absolute atomic E-state index is 0.0611. The number of carbonyl (C=O) groups excluding carboxylic acids is 2. The van der Waals surface area contributed by atoms with Gasteiger partial charge in [-0.3, -0.25) is 14.5 Å². The molecule has 24 heavy (non-hydrogen) atoms. The molecule has 2 aromatic rings. The lowest BCUT2D eigenvalue weighted by Gasteiger charge is -2.28. The number of fused-ring (bicyclic) bond motifs is 2. The molecule has 124 valence electrons. The van der Waals surface area contributed by atoms with Crippen molar-refractivity contribution in [3.8, 4) is 0 Å². The third-order valence-electron chi connectivity index (χ3n) is 4.72. The first-order valence-corrected chi connectivity index (χ1v) is 9.36. The molecule has 2 aliphatic rings. The first-order chi connectivity index (χ1) is 11.7. The second kappa shape index (κ2) is 6.40. The Hall–Kier alpha value is -2.14. The molecule has 5 heteroatoms. The molecule has 1 aromatic carbocycles. The van der Waals surface area contributed by atoms with Crippen LogP contribution in [-0.2, 0) is 17.6 Å². The maximum atomic E-state index is 13.1. The van der Waals surface area contributed by atoms with E-state index in [9.17, 15) is 9.59 Å². The van der Waals surface area contributed by atoms with Gasteiger partial charge in [0, 0.05) is 4.88 Å². The number of benzene rings is 1. The Bertz CT molecular complexity index is 771. The van der Waals surface area contributed by atoms with E-state index in [1.165, 1.54) is 36.1 Å². The number of nitrogens with zero attached hydrogens (tertiary/aromatic N) is 1. The number of para-hydroxylation sites is 2. The van der Waals surface area contributed by atoms with Crippen molar-refractivity contribution in [2.75, 3.05) is 16.8 Å². The van der Waals surface area contributed by atoms with E-state index in [4.69, 9.17) is 0 Å². The van der Waals surface area contributed by atoms with Gasteiger partial charge in [0.1, 0.15) is 6.54 Å². The average molecular weight is 340 g/mol. The maximum absolute atomic E-state index is 13.1. The first kappa shape index (κ1) is 15.4. The Morgan fingerprint density at radius 1 is 1.08 bits per heavy atom. The number of hydrogen-bond donors (Lipinski definition) is 1. The lowest BCUT2D eigenvalue weighted by atomic mass is 9.99. The van der Waals surface area contributed by atoms with Gasteiger partial charge in [0.25, 0.3) is 5.91 Å². The van der Waals surface area contributed by atoms with Gasteiger partial charge in [-0.15, -0.1) is 11.3 Å². The molecule has 4 rings (SSSR count). The summed E-state index contributed by atoms with van der Waals surface area (Å²) in [5.41, 5.74) is 2.82. The van der Waals surface area contributed by atoms with Crippen LogP contribution in [0.1, 0.15) is 45.8 Å². The molecular formula is C19H20N2O2S. The van der Waals surface area contributed by atoms with Gasteiger partial charge in [-0.25, -0.2) is 0 Å². The summed E-state index contributed by atoms with van der Waals surface area (Å²) < 4.78 is 0. The van der Waals surface area contributed by atoms with Crippen molar-refractivity contribution in [3.63, 3.8) is 0 Å². The molecular weight excluding hydrogens is 320 g/mol. The molecule has 0 bridgehead atoms. The highest BCUT2D eigenvalue weighted by molar-refractivity contribution is 7.14. The van der Waals surface area contributed by atoms with Crippen LogP contribution in [0.5, 0.6) is 0 Å². The Morgan fingerprint density at radius 3 is 2.75 bits per heavy atom. The van der Waals surface area contributed by atoms with Gasteiger partial charge in [0.2, 0.25) is 5.91 Å². The van der Waals surface area contributed by atoms with Crippen molar-refractivity contribution in [1.29, 1.82) is 0 Å². The molecule has 4 nitrogen and oxygen atoms in total. The Labute approximate surface area is 145 Å². The molecule has 0 saturated heterocycles. The Morgan fingerprint density at radius 2 is 1.88 bits per heavy atom. The molecule has 1 N–H and O–H groups in total. The summed E-state index contributed by atoms with van der Waals surface area (Å²) in [5.74, 6) is -0.203. The molecule has 0 atom stereocenters. The fourth-order valence-corrected chi connectivity index (χ4v) is 4.70. The lowest BCUT2D eigenvalue weighted by Crippen LogP contribution is -2.41. The van der Waals surface area contributed by atoms with E-state index < -0.39 is 0 Å². The summed E-state index contributed by atoms with van der Waals surface area (Å²) >= 11 is 1.61. The normalized spacial score (nSPS) is 17.3. The van der Waals surface area contributed by atoms with Crippen molar-refractivity contribution in [2.24, 2.45) is 0 Å². The van der Waals surface area contributed by atoms with Gasteiger partial charge in [0.15, 0.2) is 0 Å². The molecule has 0 unspecified atom stereocenters. The topological polar surface area (TPSA) is 49.4 Å². The lowest BCUT2D eigenvalue weighted by molar-refractivity contribution is -0.115. The number of thiophene rings is 1. The van der Waals surface area contributed by atoms with E-state index in [2.05, 4.69) is 11.4 Å². The van der Waals surface area contributed by atoms with Crippen LogP contribution >= 0.6 is 11.3 Å². The second-order valence-corrected chi connectivity index (χ2v) is 7.57. The van der Waals surface area contributed by atoms with Crippen molar-refractivity contribution >= 4 is 34.5 Å². The maximum Gasteiger partial charge on any atom is 0.268 e. The van der Waals surface area contributed by atoms with Crippen molar-refractivity contribution in [1.82, 2.24) is 0 Å². The third kappa shape index (κ3) is 2.84. The zero-order valence-electron chi connectivity index (χ0n) is 13.5. The highest BCUT2D eigenvalue weighted by atomic mass is 32.1. The van der Waals surface area contributed by atoms with Gasteiger partial charge in [-0.2, -0.15) is 0 Å². The molecule has 1 aliphatic heterocycles. The van der Waals surface area contributed by atoms with Gasteiger partial charge in [-0.05, 0) is 49.4 Å². The van der Waals surface area contributed by atoms with Crippen molar-refractivity contribution < 1.29 is 9.59 Å². The van der Waals surface area contributed by atoms with E-state index in [1.54, 1.807) is 16.2 Å². The van der Waals surface area contributed by atoms with Gasteiger partial charge in [0.05, 0.1) is 16.3 Å². The summed E-state index contributed by atoms with van der Waals surface area (Å²) in [6.07, 6.45) is 7.10. The molecule has 0 fully saturated rings. The average Bonchev–Trinajstić information content (AvgIpc) is 2.95.